The van der Waals surface area contributed by atoms with Gasteiger partial charge in [0.05, 0.1) is 12.8 Å². The lowest BCUT2D eigenvalue weighted by molar-refractivity contribution is 0.102. The Morgan fingerprint density at radius 2 is 1.70 bits per heavy atom. The fourth-order valence-corrected chi connectivity index (χ4v) is 3.68. The molecule has 0 fully saturated rings. The lowest BCUT2D eigenvalue weighted by Crippen LogP contribution is -2.11. The van der Waals surface area contributed by atoms with Crippen LogP contribution in [0, 0.1) is 6.92 Å². The van der Waals surface area contributed by atoms with Gasteiger partial charge in [0, 0.05) is 16.5 Å². The molecule has 4 aromatic rings. The summed E-state index contributed by atoms with van der Waals surface area (Å²) in [5, 5.41) is 5.33. The summed E-state index contributed by atoms with van der Waals surface area (Å²) in [4.78, 5) is 17.1. The first-order valence-corrected chi connectivity index (χ1v) is 10.3. The largest absolute Gasteiger partial charge is 0.496 e. The monoisotopic (exact) mass is 416 g/mol. The predicted molar refractivity (Wildman–Crippen MR) is 120 cm³/mol. The molecule has 1 amide bonds. The van der Waals surface area contributed by atoms with E-state index in [-0.39, 0.29) is 5.91 Å². The number of nitrogens with one attached hydrogen (secondary N) is 1. The lowest BCUT2D eigenvalue weighted by Gasteiger charge is -2.07. The van der Waals surface area contributed by atoms with E-state index < -0.39 is 0 Å². The molecule has 30 heavy (non-hydrogen) atoms. The average molecular weight is 417 g/mol. The highest BCUT2D eigenvalue weighted by Crippen LogP contribution is 2.29. The number of rotatable bonds is 6. The fourth-order valence-electron chi connectivity index (χ4n) is 2.97. The van der Waals surface area contributed by atoms with Gasteiger partial charge in [-0.2, -0.15) is 0 Å². The molecule has 0 aliphatic carbocycles. The molecule has 1 N–H and O–H groups in total. The number of ether oxygens (including phenoxy) is 2. The summed E-state index contributed by atoms with van der Waals surface area (Å²) < 4.78 is 11.1. The van der Waals surface area contributed by atoms with Gasteiger partial charge in [-0.25, -0.2) is 4.98 Å². The van der Waals surface area contributed by atoms with Crippen molar-refractivity contribution >= 4 is 22.4 Å². The van der Waals surface area contributed by atoms with Gasteiger partial charge in [0.1, 0.15) is 17.2 Å². The Labute approximate surface area is 178 Å². The van der Waals surface area contributed by atoms with E-state index in [1.165, 1.54) is 11.3 Å². The summed E-state index contributed by atoms with van der Waals surface area (Å²) in [6.07, 6.45) is 0. The van der Waals surface area contributed by atoms with Gasteiger partial charge in [0.15, 0.2) is 5.13 Å². The van der Waals surface area contributed by atoms with Gasteiger partial charge < -0.3 is 9.47 Å². The number of methoxy groups -OCH3 is 1. The Morgan fingerprint density at radius 1 is 0.967 bits per heavy atom. The second kappa shape index (κ2) is 8.80. The van der Waals surface area contributed by atoms with Crippen LogP contribution in [-0.2, 0) is 0 Å². The van der Waals surface area contributed by atoms with Gasteiger partial charge in [-0.1, -0.05) is 18.2 Å². The van der Waals surface area contributed by atoms with Crippen LogP contribution in [-0.4, -0.2) is 18.0 Å². The first-order valence-electron chi connectivity index (χ1n) is 9.37. The maximum atomic E-state index is 12.6. The minimum atomic E-state index is -0.215. The first kappa shape index (κ1) is 19.7. The molecule has 1 aromatic heterocycles. The van der Waals surface area contributed by atoms with Crippen LogP contribution in [0.1, 0.15) is 15.9 Å². The molecule has 0 spiro atoms. The van der Waals surface area contributed by atoms with Crippen molar-refractivity contribution in [3.8, 4) is 28.5 Å². The van der Waals surface area contributed by atoms with E-state index in [1.807, 2.05) is 60.8 Å². The molecule has 4 rings (SSSR count). The highest BCUT2D eigenvalue weighted by molar-refractivity contribution is 7.14. The third-order valence-electron chi connectivity index (χ3n) is 4.51. The molecule has 0 radical (unpaired) electrons. The number of carbonyl (C=O) groups excluding carboxylic acids is 1. The zero-order chi connectivity index (χ0) is 20.9. The van der Waals surface area contributed by atoms with Gasteiger partial charge in [0.25, 0.3) is 5.91 Å². The summed E-state index contributed by atoms with van der Waals surface area (Å²) in [6, 6.07) is 22.4. The number of anilines is 1. The number of hydrogen-bond acceptors (Lipinski definition) is 5. The van der Waals surface area contributed by atoms with Gasteiger partial charge in [-0.3, -0.25) is 10.1 Å². The molecule has 0 saturated heterocycles. The molecule has 0 atom stereocenters. The number of amides is 1. The molecule has 150 valence electrons. The smallest absolute Gasteiger partial charge is 0.257 e. The minimum absolute atomic E-state index is 0.215. The molecule has 5 nitrogen and oxygen atoms in total. The Kier molecular flexibility index (Phi) is 5.77. The quantitative estimate of drug-likeness (QED) is 0.408. The lowest BCUT2D eigenvalue weighted by atomic mass is 10.1. The number of carbonyl (C=O) groups is 1. The number of nitrogens with zero attached hydrogens (tertiary/aromatic N) is 1. The van der Waals surface area contributed by atoms with Crippen LogP contribution in [0.5, 0.6) is 17.2 Å². The Hall–Kier alpha value is -3.64. The molecular weight excluding hydrogens is 396 g/mol. The van der Waals surface area contributed by atoms with E-state index in [1.54, 1.807) is 31.4 Å². The van der Waals surface area contributed by atoms with Crippen LogP contribution in [0.25, 0.3) is 11.3 Å². The van der Waals surface area contributed by atoms with E-state index >= 15 is 0 Å². The van der Waals surface area contributed by atoms with Crippen molar-refractivity contribution in [3.05, 3.63) is 89.3 Å². The van der Waals surface area contributed by atoms with Crippen molar-refractivity contribution in [3.63, 3.8) is 0 Å². The second-order valence-electron chi connectivity index (χ2n) is 6.62. The van der Waals surface area contributed by atoms with Crippen LogP contribution in [0.4, 0.5) is 5.13 Å². The van der Waals surface area contributed by atoms with Crippen LogP contribution < -0.4 is 14.8 Å². The molecule has 0 unspecified atom stereocenters. The van der Waals surface area contributed by atoms with Crippen LogP contribution >= 0.6 is 11.3 Å². The van der Waals surface area contributed by atoms with E-state index in [0.29, 0.717) is 16.4 Å². The van der Waals surface area contributed by atoms with E-state index in [2.05, 4.69) is 10.3 Å². The zero-order valence-corrected chi connectivity index (χ0v) is 17.4. The SMILES string of the molecule is COc1ccc(-c2csc(NC(=O)c3ccc(Oc4ccccc4)cc3)n2)cc1C. The Morgan fingerprint density at radius 3 is 2.40 bits per heavy atom. The normalized spacial score (nSPS) is 10.5. The number of aromatic nitrogens is 1. The third-order valence-corrected chi connectivity index (χ3v) is 5.27. The number of para-hydroxylation sites is 1. The molecular formula is C24H20N2O3S. The third kappa shape index (κ3) is 4.50. The maximum Gasteiger partial charge on any atom is 0.257 e. The van der Waals surface area contributed by atoms with Gasteiger partial charge in [-0.15, -0.1) is 11.3 Å². The van der Waals surface area contributed by atoms with Crippen LogP contribution in [0.2, 0.25) is 0 Å². The highest BCUT2D eigenvalue weighted by atomic mass is 32.1. The summed E-state index contributed by atoms with van der Waals surface area (Å²) in [5.74, 6) is 2.04. The van der Waals surface area contributed by atoms with Gasteiger partial charge in [-0.05, 0) is 67.1 Å². The number of hydrogen-bond donors (Lipinski definition) is 1. The number of aryl methyl sites for hydroxylation is 1. The topological polar surface area (TPSA) is 60.5 Å². The van der Waals surface area contributed by atoms with Crippen molar-refractivity contribution in [2.45, 2.75) is 6.92 Å². The molecule has 6 heteroatoms. The van der Waals surface area contributed by atoms with Gasteiger partial charge in [0.2, 0.25) is 0 Å². The molecule has 0 aliphatic heterocycles. The standard InChI is InChI=1S/C24H20N2O3S/c1-16-14-18(10-13-22(16)28-2)21-15-30-24(25-21)26-23(27)17-8-11-20(12-9-17)29-19-6-4-3-5-7-19/h3-15H,1-2H3,(H,25,26,27). The minimum Gasteiger partial charge on any atom is -0.496 e. The number of benzene rings is 3. The van der Waals surface area contributed by atoms with Crippen molar-refractivity contribution in [1.82, 2.24) is 4.98 Å². The Balaban J connectivity index is 1.42. The Bertz CT molecular complexity index is 1150. The molecule has 3 aromatic carbocycles. The molecule has 0 bridgehead atoms. The average Bonchev–Trinajstić information content (AvgIpc) is 3.23. The zero-order valence-electron chi connectivity index (χ0n) is 16.6. The molecule has 0 saturated carbocycles. The highest BCUT2D eigenvalue weighted by Gasteiger charge is 2.11. The number of thiazole rings is 1. The van der Waals surface area contributed by atoms with Crippen molar-refractivity contribution < 1.29 is 14.3 Å². The van der Waals surface area contributed by atoms with Crippen molar-refractivity contribution in [2.75, 3.05) is 12.4 Å². The summed E-state index contributed by atoms with van der Waals surface area (Å²) in [7, 11) is 1.65. The van der Waals surface area contributed by atoms with Gasteiger partial charge >= 0.3 is 0 Å². The first-order chi connectivity index (χ1) is 14.6. The van der Waals surface area contributed by atoms with Crippen molar-refractivity contribution in [1.29, 1.82) is 0 Å². The van der Waals surface area contributed by atoms with E-state index in [0.717, 1.165) is 28.3 Å². The van der Waals surface area contributed by atoms with Crippen molar-refractivity contribution in [2.24, 2.45) is 0 Å². The fraction of sp³-hybridized carbons (Fsp3) is 0.0833. The second-order valence-corrected chi connectivity index (χ2v) is 7.47. The summed E-state index contributed by atoms with van der Waals surface area (Å²) in [6.45, 7) is 1.99. The molecule has 0 aliphatic rings. The van der Waals surface area contributed by atoms with E-state index in [9.17, 15) is 4.79 Å². The maximum absolute atomic E-state index is 12.6. The van der Waals surface area contributed by atoms with E-state index in [4.69, 9.17) is 9.47 Å². The summed E-state index contributed by atoms with van der Waals surface area (Å²) >= 11 is 1.39. The predicted octanol–water partition coefficient (Wildman–Crippen LogP) is 6.17. The molecule has 1 heterocycles. The van der Waals surface area contributed by atoms with Crippen LogP contribution in [0.3, 0.4) is 0 Å². The van der Waals surface area contributed by atoms with Crippen LogP contribution in [0.15, 0.2) is 78.2 Å². The summed E-state index contributed by atoms with van der Waals surface area (Å²) in [5.41, 5.74) is 3.36.